The molecule has 0 bridgehead atoms. The van der Waals surface area contributed by atoms with E-state index in [-0.39, 0.29) is 29.7 Å². The topological polar surface area (TPSA) is 98.5 Å². The number of rotatable bonds is 8. The minimum Gasteiger partial charge on any atom is -0.478 e. The highest BCUT2D eigenvalue weighted by Crippen LogP contribution is 2.27. The average Bonchev–Trinajstić information content (AvgIpc) is 2.61. The molecule has 2 aromatic carbocycles. The lowest BCUT2D eigenvalue weighted by Crippen LogP contribution is -2.13. The molecule has 1 amide bonds. The number of amides is 1. The van der Waals surface area contributed by atoms with Crippen molar-refractivity contribution in [3.63, 3.8) is 0 Å². The van der Waals surface area contributed by atoms with E-state index in [9.17, 15) is 19.7 Å². The van der Waals surface area contributed by atoms with Gasteiger partial charge >= 0.3 is 5.69 Å². The number of hydrogen-bond acceptors (Lipinski definition) is 5. The number of hydrogen-bond donors (Lipinski definition) is 1. The molecule has 0 saturated heterocycles. The molecule has 0 aliphatic heterocycles. The van der Waals surface area contributed by atoms with Crippen molar-refractivity contribution in [1.29, 1.82) is 0 Å². The van der Waals surface area contributed by atoms with Gasteiger partial charge in [0.05, 0.1) is 4.92 Å². The van der Waals surface area contributed by atoms with Gasteiger partial charge in [-0.3, -0.25) is 19.7 Å². The summed E-state index contributed by atoms with van der Waals surface area (Å²) in [6.45, 7) is 3.34. The number of nitrogens with one attached hydrogen (secondary N) is 1. The van der Waals surface area contributed by atoms with Gasteiger partial charge in [-0.25, -0.2) is 0 Å². The Morgan fingerprint density at radius 2 is 1.85 bits per heavy atom. The zero-order chi connectivity index (χ0) is 19.1. The summed E-state index contributed by atoms with van der Waals surface area (Å²) in [4.78, 5) is 34.3. The van der Waals surface area contributed by atoms with Crippen LogP contribution in [0, 0.1) is 17.0 Å². The lowest BCUT2D eigenvalue weighted by atomic mass is 10.1. The first-order chi connectivity index (χ1) is 12.4. The zero-order valence-electron chi connectivity index (χ0n) is 14.7. The molecule has 7 nitrogen and oxygen atoms in total. The van der Waals surface area contributed by atoms with E-state index in [0.717, 1.165) is 12.0 Å². The SMILES string of the molecule is CCCC(=O)Nc1ccc(C(=O)COc2ccc(C)cc2[N+](=O)[O-])cc1. The van der Waals surface area contributed by atoms with E-state index in [4.69, 9.17) is 4.74 Å². The second-order valence-electron chi connectivity index (χ2n) is 5.82. The van der Waals surface area contributed by atoms with Crippen molar-refractivity contribution in [1.82, 2.24) is 0 Å². The number of ether oxygens (including phenoxy) is 1. The number of nitro groups is 1. The Morgan fingerprint density at radius 3 is 2.46 bits per heavy atom. The molecule has 0 spiro atoms. The maximum absolute atomic E-state index is 12.2. The zero-order valence-corrected chi connectivity index (χ0v) is 14.7. The Morgan fingerprint density at radius 1 is 1.15 bits per heavy atom. The van der Waals surface area contributed by atoms with Crippen molar-refractivity contribution in [3.05, 3.63) is 63.7 Å². The molecule has 1 N–H and O–H groups in total. The molecule has 2 aromatic rings. The number of anilines is 1. The first kappa shape index (κ1) is 19.1. The van der Waals surface area contributed by atoms with Gasteiger partial charge in [0, 0.05) is 23.7 Å². The van der Waals surface area contributed by atoms with Crippen LogP contribution in [0.1, 0.15) is 35.7 Å². The number of Topliss-reactive ketones (excluding diaryl/α,β-unsaturated/α-hetero) is 1. The third kappa shape index (κ3) is 5.14. The van der Waals surface area contributed by atoms with Crippen molar-refractivity contribution in [2.45, 2.75) is 26.7 Å². The molecule has 0 saturated carbocycles. The van der Waals surface area contributed by atoms with Crippen molar-refractivity contribution in [3.8, 4) is 5.75 Å². The molecule has 0 unspecified atom stereocenters. The summed E-state index contributed by atoms with van der Waals surface area (Å²) in [5.74, 6) is -0.342. The largest absolute Gasteiger partial charge is 0.478 e. The summed E-state index contributed by atoms with van der Waals surface area (Å²) in [6, 6.07) is 11.0. The average molecular weight is 356 g/mol. The van der Waals surface area contributed by atoms with Crippen LogP contribution < -0.4 is 10.1 Å². The first-order valence-electron chi connectivity index (χ1n) is 8.21. The van der Waals surface area contributed by atoms with E-state index in [0.29, 0.717) is 17.7 Å². The van der Waals surface area contributed by atoms with Crippen LogP contribution in [0.25, 0.3) is 0 Å². The molecule has 0 aromatic heterocycles. The number of carbonyl (C=O) groups excluding carboxylic acids is 2. The summed E-state index contributed by atoms with van der Waals surface area (Å²) in [5, 5.41) is 13.8. The van der Waals surface area contributed by atoms with Crippen molar-refractivity contribution in [2.75, 3.05) is 11.9 Å². The second kappa shape index (κ2) is 8.75. The van der Waals surface area contributed by atoms with E-state index in [1.54, 1.807) is 37.3 Å². The predicted molar refractivity (Wildman–Crippen MR) is 97.6 cm³/mol. The Balaban J connectivity index is 2.00. The van der Waals surface area contributed by atoms with Crippen LogP contribution in [0.3, 0.4) is 0 Å². The van der Waals surface area contributed by atoms with Crippen LogP contribution in [0.2, 0.25) is 0 Å². The van der Waals surface area contributed by atoms with Crippen LogP contribution in [0.5, 0.6) is 5.75 Å². The molecule has 0 atom stereocenters. The van der Waals surface area contributed by atoms with Crippen molar-refractivity contribution >= 4 is 23.1 Å². The van der Waals surface area contributed by atoms with Crippen LogP contribution in [-0.2, 0) is 4.79 Å². The van der Waals surface area contributed by atoms with Gasteiger partial charge in [-0.15, -0.1) is 0 Å². The van der Waals surface area contributed by atoms with Gasteiger partial charge in [0.2, 0.25) is 5.91 Å². The third-order valence-electron chi connectivity index (χ3n) is 3.64. The lowest BCUT2D eigenvalue weighted by molar-refractivity contribution is -0.385. The molecule has 136 valence electrons. The summed E-state index contributed by atoms with van der Waals surface area (Å²) < 4.78 is 5.34. The second-order valence-corrected chi connectivity index (χ2v) is 5.82. The van der Waals surface area contributed by atoms with Gasteiger partial charge < -0.3 is 10.1 Å². The van der Waals surface area contributed by atoms with Gasteiger partial charge in [0.1, 0.15) is 0 Å². The maximum Gasteiger partial charge on any atom is 0.311 e. The Kier molecular flexibility index (Phi) is 6.43. The summed E-state index contributed by atoms with van der Waals surface area (Å²) in [5.41, 5.74) is 1.56. The van der Waals surface area contributed by atoms with Crippen LogP contribution in [-0.4, -0.2) is 23.2 Å². The Labute approximate surface area is 151 Å². The van der Waals surface area contributed by atoms with Gasteiger partial charge in [0.25, 0.3) is 0 Å². The fourth-order valence-corrected chi connectivity index (χ4v) is 2.31. The molecular formula is C19H20N2O5. The highest BCUT2D eigenvalue weighted by atomic mass is 16.6. The normalized spacial score (nSPS) is 10.2. The van der Waals surface area contributed by atoms with E-state index >= 15 is 0 Å². The standard InChI is InChI=1S/C19H20N2O5/c1-3-4-19(23)20-15-8-6-14(7-9-15)17(22)12-26-18-10-5-13(2)11-16(18)21(24)25/h5-11H,3-4,12H2,1-2H3,(H,20,23). The van der Waals surface area contributed by atoms with Crippen molar-refractivity contribution < 1.29 is 19.2 Å². The van der Waals surface area contributed by atoms with Gasteiger partial charge in [0.15, 0.2) is 18.1 Å². The molecule has 0 fully saturated rings. The summed E-state index contributed by atoms with van der Waals surface area (Å²) in [6.07, 6.45) is 1.19. The highest BCUT2D eigenvalue weighted by molar-refractivity contribution is 5.98. The van der Waals surface area contributed by atoms with Gasteiger partial charge in [-0.2, -0.15) is 0 Å². The van der Waals surface area contributed by atoms with Crippen LogP contribution >= 0.6 is 0 Å². The molecule has 0 aliphatic carbocycles. The minimum atomic E-state index is -0.541. The number of aryl methyl sites for hydroxylation is 1. The highest BCUT2D eigenvalue weighted by Gasteiger charge is 2.17. The molecule has 7 heteroatoms. The van der Waals surface area contributed by atoms with Crippen LogP contribution in [0.15, 0.2) is 42.5 Å². The number of carbonyl (C=O) groups is 2. The first-order valence-corrected chi connectivity index (χ1v) is 8.21. The van der Waals surface area contributed by atoms with E-state index in [1.807, 2.05) is 6.92 Å². The number of nitro benzene ring substituents is 1. The quantitative estimate of drug-likeness (QED) is 0.439. The monoisotopic (exact) mass is 356 g/mol. The minimum absolute atomic E-state index is 0.0531. The molecular weight excluding hydrogens is 336 g/mol. The summed E-state index contributed by atoms with van der Waals surface area (Å²) >= 11 is 0. The summed E-state index contributed by atoms with van der Waals surface area (Å²) in [7, 11) is 0. The third-order valence-corrected chi connectivity index (χ3v) is 3.64. The predicted octanol–water partition coefficient (Wildman–Crippen LogP) is 3.90. The van der Waals surface area contributed by atoms with Gasteiger partial charge in [-0.1, -0.05) is 13.0 Å². The Bertz CT molecular complexity index is 815. The van der Waals surface area contributed by atoms with Gasteiger partial charge in [-0.05, 0) is 49.2 Å². The number of ketones is 1. The fourth-order valence-electron chi connectivity index (χ4n) is 2.31. The smallest absolute Gasteiger partial charge is 0.311 e. The molecule has 0 heterocycles. The number of nitrogens with zero attached hydrogens (tertiary/aromatic N) is 1. The maximum atomic E-state index is 12.2. The van der Waals surface area contributed by atoms with E-state index in [1.165, 1.54) is 12.1 Å². The van der Waals surface area contributed by atoms with Crippen molar-refractivity contribution in [2.24, 2.45) is 0 Å². The molecule has 0 radical (unpaired) electrons. The molecule has 2 rings (SSSR count). The van der Waals surface area contributed by atoms with E-state index in [2.05, 4.69) is 5.32 Å². The molecule has 0 aliphatic rings. The van der Waals surface area contributed by atoms with E-state index < -0.39 is 4.92 Å². The van der Waals surface area contributed by atoms with Crippen LogP contribution in [0.4, 0.5) is 11.4 Å². The fraction of sp³-hybridized carbons (Fsp3) is 0.263. The Hall–Kier alpha value is -3.22. The number of benzene rings is 2. The lowest BCUT2D eigenvalue weighted by Gasteiger charge is -2.08. The molecule has 26 heavy (non-hydrogen) atoms.